The lowest BCUT2D eigenvalue weighted by Crippen LogP contribution is -2.19. The Kier molecular flexibility index (Phi) is 2.79. The van der Waals surface area contributed by atoms with Crippen molar-refractivity contribution in [3.63, 3.8) is 0 Å². The third kappa shape index (κ3) is 2.05. The van der Waals surface area contributed by atoms with Gasteiger partial charge in [-0.15, -0.1) is 0 Å². The Labute approximate surface area is 96.2 Å². The molecule has 0 saturated heterocycles. The first-order chi connectivity index (χ1) is 7.08. The second-order valence-corrected chi connectivity index (χ2v) is 4.81. The molecule has 3 heteroatoms. The van der Waals surface area contributed by atoms with E-state index in [1.807, 2.05) is 12.1 Å². The van der Waals surface area contributed by atoms with Gasteiger partial charge >= 0.3 is 0 Å². The van der Waals surface area contributed by atoms with Crippen LogP contribution < -0.4 is 10.2 Å². The Bertz CT molecular complexity index is 376. The lowest BCUT2D eigenvalue weighted by atomic mass is 10.1. The maximum atomic E-state index is 6.08. The fourth-order valence-electron chi connectivity index (χ4n) is 2.04. The largest absolute Gasteiger partial charge is 0.381 e. The van der Waals surface area contributed by atoms with Crippen molar-refractivity contribution in [2.24, 2.45) is 0 Å². The van der Waals surface area contributed by atoms with Crippen LogP contribution in [0.3, 0.4) is 0 Å². The number of aryl methyl sites for hydroxylation is 1. The minimum absolute atomic E-state index is 0.522. The molecule has 1 atom stereocenters. The van der Waals surface area contributed by atoms with Crippen molar-refractivity contribution >= 4 is 23.0 Å². The number of hydrogen-bond acceptors (Lipinski definition) is 2. The lowest BCUT2D eigenvalue weighted by molar-refractivity contribution is 0.711. The summed E-state index contributed by atoms with van der Waals surface area (Å²) in [5.74, 6) is 0. The smallest absolute Gasteiger partial charge is 0.0617 e. The highest BCUT2D eigenvalue weighted by molar-refractivity contribution is 6.31. The van der Waals surface area contributed by atoms with Gasteiger partial charge in [-0.2, -0.15) is 0 Å². The van der Waals surface area contributed by atoms with Crippen LogP contribution in [0.15, 0.2) is 12.1 Å². The zero-order chi connectivity index (χ0) is 11.0. The molecule has 1 unspecified atom stereocenters. The topological polar surface area (TPSA) is 15.3 Å². The van der Waals surface area contributed by atoms with Gasteiger partial charge in [0.05, 0.1) is 11.4 Å². The molecule has 0 aliphatic carbocycles. The predicted molar refractivity (Wildman–Crippen MR) is 67.2 cm³/mol. The van der Waals surface area contributed by atoms with Crippen LogP contribution in [0, 0.1) is 6.92 Å². The van der Waals surface area contributed by atoms with E-state index in [9.17, 15) is 0 Å². The van der Waals surface area contributed by atoms with Crippen molar-refractivity contribution in [2.45, 2.75) is 26.3 Å². The summed E-state index contributed by atoms with van der Waals surface area (Å²) in [6, 6.07) is 4.57. The molecule has 1 aliphatic heterocycles. The van der Waals surface area contributed by atoms with Crippen LogP contribution in [0.1, 0.15) is 18.9 Å². The molecule has 0 bridgehead atoms. The molecule has 2 nitrogen and oxygen atoms in total. The highest BCUT2D eigenvalue weighted by Gasteiger charge is 2.17. The third-order valence-electron chi connectivity index (χ3n) is 2.98. The van der Waals surface area contributed by atoms with Crippen molar-refractivity contribution in [3.8, 4) is 0 Å². The Hall–Kier alpha value is -0.890. The molecule has 82 valence electrons. The van der Waals surface area contributed by atoms with Gasteiger partial charge in [0, 0.05) is 24.7 Å². The quantitative estimate of drug-likeness (QED) is 0.728. The van der Waals surface area contributed by atoms with E-state index in [0.717, 1.165) is 18.0 Å². The molecule has 1 aromatic rings. The summed E-state index contributed by atoms with van der Waals surface area (Å²) in [6.07, 6.45) is 1.15. The van der Waals surface area contributed by atoms with Crippen molar-refractivity contribution in [3.05, 3.63) is 22.7 Å². The molecule has 1 aliphatic rings. The van der Waals surface area contributed by atoms with E-state index in [0.29, 0.717) is 6.04 Å². The van der Waals surface area contributed by atoms with Crippen molar-refractivity contribution in [2.75, 3.05) is 23.8 Å². The average molecular weight is 225 g/mol. The molecule has 0 saturated carbocycles. The van der Waals surface area contributed by atoms with Crippen molar-refractivity contribution in [1.82, 2.24) is 0 Å². The van der Waals surface area contributed by atoms with Crippen molar-refractivity contribution in [1.29, 1.82) is 0 Å². The molecule has 15 heavy (non-hydrogen) atoms. The van der Waals surface area contributed by atoms with E-state index in [1.165, 1.54) is 16.9 Å². The number of benzene rings is 1. The normalized spacial score (nSPS) is 20.5. The second kappa shape index (κ2) is 3.93. The number of nitrogens with zero attached hydrogens (tertiary/aromatic N) is 1. The first-order valence-electron chi connectivity index (χ1n) is 5.36. The third-order valence-corrected chi connectivity index (χ3v) is 3.20. The minimum Gasteiger partial charge on any atom is -0.381 e. The molecule has 1 N–H and O–H groups in total. The summed E-state index contributed by atoms with van der Waals surface area (Å²) in [5.41, 5.74) is 3.66. The maximum absolute atomic E-state index is 6.08. The number of anilines is 2. The molecule has 0 spiro atoms. The molecular formula is C12H17ClN2. The fraction of sp³-hybridized carbons (Fsp3) is 0.500. The molecule has 1 heterocycles. The van der Waals surface area contributed by atoms with Gasteiger partial charge in [-0.1, -0.05) is 11.6 Å². The van der Waals surface area contributed by atoms with Gasteiger partial charge in [-0.05, 0) is 38.0 Å². The zero-order valence-corrected chi connectivity index (χ0v) is 10.2. The van der Waals surface area contributed by atoms with Crippen LogP contribution in [-0.2, 0) is 0 Å². The Morgan fingerprint density at radius 3 is 2.93 bits per heavy atom. The minimum atomic E-state index is 0.522. The molecule has 0 amide bonds. The lowest BCUT2D eigenvalue weighted by Gasteiger charge is -2.20. The van der Waals surface area contributed by atoms with E-state index in [4.69, 9.17) is 11.6 Å². The summed E-state index contributed by atoms with van der Waals surface area (Å²) in [7, 11) is 2.12. The Balaban J connectivity index is 2.52. The van der Waals surface area contributed by atoms with Crippen LogP contribution in [0.4, 0.5) is 11.4 Å². The second-order valence-electron chi connectivity index (χ2n) is 4.37. The van der Waals surface area contributed by atoms with Gasteiger partial charge in [-0.25, -0.2) is 0 Å². The Morgan fingerprint density at radius 1 is 1.47 bits per heavy atom. The van der Waals surface area contributed by atoms with E-state index >= 15 is 0 Å². The van der Waals surface area contributed by atoms with Crippen LogP contribution in [-0.4, -0.2) is 19.6 Å². The van der Waals surface area contributed by atoms with Crippen LogP contribution in [0.5, 0.6) is 0 Å². The SMILES string of the molecule is Cc1cc(Cl)cc2c1NC(C)CCN2C. The monoisotopic (exact) mass is 224 g/mol. The Morgan fingerprint density at radius 2 is 2.20 bits per heavy atom. The standard InChI is InChI=1S/C12H17ClN2/c1-8-6-10(13)7-11-12(8)14-9(2)4-5-15(11)3/h6-7,9,14H,4-5H2,1-3H3. The summed E-state index contributed by atoms with van der Waals surface area (Å²) in [6.45, 7) is 5.39. The summed E-state index contributed by atoms with van der Waals surface area (Å²) in [4.78, 5) is 2.27. The zero-order valence-electron chi connectivity index (χ0n) is 9.47. The number of hydrogen-bond donors (Lipinski definition) is 1. The highest BCUT2D eigenvalue weighted by atomic mass is 35.5. The predicted octanol–water partition coefficient (Wildman–Crippen LogP) is 3.29. The molecule has 0 aromatic heterocycles. The number of nitrogens with one attached hydrogen (secondary N) is 1. The van der Waals surface area contributed by atoms with E-state index < -0.39 is 0 Å². The van der Waals surface area contributed by atoms with Crippen LogP contribution in [0.2, 0.25) is 5.02 Å². The van der Waals surface area contributed by atoms with E-state index in [2.05, 4.69) is 31.1 Å². The van der Waals surface area contributed by atoms with Gasteiger partial charge in [-0.3, -0.25) is 0 Å². The average Bonchev–Trinajstić information content (AvgIpc) is 2.30. The van der Waals surface area contributed by atoms with Gasteiger partial charge in [0.1, 0.15) is 0 Å². The maximum Gasteiger partial charge on any atom is 0.0617 e. The van der Waals surface area contributed by atoms with Crippen LogP contribution in [0.25, 0.3) is 0 Å². The van der Waals surface area contributed by atoms with E-state index in [-0.39, 0.29) is 0 Å². The van der Waals surface area contributed by atoms with Gasteiger partial charge in [0.25, 0.3) is 0 Å². The van der Waals surface area contributed by atoms with Gasteiger partial charge in [0.15, 0.2) is 0 Å². The van der Waals surface area contributed by atoms with Gasteiger partial charge < -0.3 is 10.2 Å². The summed E-state index contributed by atoms with van der Waals surface area (Å²) in [5, 5.41) is 4.36. The highest BCUT2D eigenvalue weighted by Crippen LogP contribution is 2.34. The van der Waals surface area contributed by atoms with E-state index in [1.54, 1.807) is 0 Å². The first kappa shape index (κ1) is 10.6. The van der Waals surface area contributed by atoms with Gasteiger partial charge in [0.2, 0.25) is 0 Å². The fourth-order valence-corrected chi connectivity index (χ4v) is 2.31. The molecular weight excluding hydrogens is 208 g/mol. The van der Waals surface area contributed by atoms with Crippen LogP contribution >= 0.6 is 11.6 Å². The number of rotatable bonds is 0. The molecule has 1 aromatic carbocycles. The number of fused-ring (bicyclic) bond motifs is 1. The number of halogens is 1. The molecule has 0 radical (unpaired) electrons. The molecule has 2 rings (SSSR count). The molecule has 0 fully saturated rings. The summed E-state index contributed by atoms with van der Waals surface area (Å²) < 4.78 is 0. The summed E-state index contributed by atoms with van der Waals surface area (Å²) >= 11 is 6.08. The first-order valence-corrected chi connectivity index (χ1v) is 5.73. The van der Waals surface area contributed by atoms with Crippen molar-refractivity contribution < 1.29 is 0 Å².